The predicted molar refractivity (Wildman–Crippen MR) is 86.4 cm³/mol. The third kappa shape index (κ3) is 3.54. The van der Waals surface area contributed by atoms with Crippen molar-refractivity contribution in [2.75, 3.05) is 0 Å². The average Bonchev–Trinajstić information content (AvgIpc) is 2.35. The second-order valence-corrected chi connectivity index (χ2v) is 5.92. The van der Waals surface area contributed by atoms with E-state index in [9.17, 15) is 4.79 Å². The molecule has 3 nitrogen and oxygen atoms in total. The molecule has 0 fully saturated rings. The number of aryl methyl sites for hydroxylation is 1. The monoisotopic (exact) mass is 342 g/mol. The number of carbonyl (C=O) groups excluding carboxylic acids is 1. The highest BCUT2D eigenvalue weighted by Gasteiger charge is 2.31. The van der Waals surface area contributed by atoms with E-state index in [1.807, 2.05) is 32.9 Å². The van der Waals surface area contributed by atoms with E-state index in [4.69, 9.17) is 18.0 Å². The van der Waals surface area contributed by atoms with Crippen LogP contribution in [0.15, 0.2) is 22.7 Å². The highest BCUT2D eigenvalue weighted by molar-refractivity contribution is 9.10. The Morgan fingerprint density at radius 3 is 2.42 bits per heavy atom. The first-order valence-corrected chi connectivity index (χ1v) is 7.45. The fraction of sp³-hybridized carbons (Fsp3) is 0.429. The number of amides is 1. The molecule has 104 valence electrons. The molecule has 0 atom stereocenters. The minimum absolute atomic E-state index is 0.137. The highest BCUT2D eigenvalue weighted by atomic mass is 79.9. The van der Waals surface area contributed by atoms with Gasteiger partial charge in [0.2, 0.25) is 0 Å². The first kappa shape index (κ1) is 16.1. The molecule has 5 heteroatoms. The lowest BCUT2D eigenvalue weighted by Gasteiger charge is -2.32. The Labute approximate surface area is 128 Å². The topological polar surface area (TPSA) is 55.1 Å². The van der Waals surface area contributed by atoms with Crippen molar-refractivity contribution in [1.29, 1.82) is 0 Å². The molecule has 0 radical (unpaired) electrons. The van der Waals surface area contributed by atoms with Crippen LogP contribution in [-0.4, -0.2) is 16.4 Å². The highest BCUT2D eigenvalue weighted by Crippen LogP contribution is 2.20. The van der Waals surface area contributed by atoms with Crippen LogP contribution in [0.5, 0.6) is 0 Å². The van der Waals surface area contributed by atoms with Crippen LogP contribution in [0.2, 0.25) is 0 Å². The molecule has 0 bridgehead atoms. The second-order valence-electron chi connectivity index (χ2n) is 4.57. The number of rotatable bonds is 5. The molecule has 3 N–H and O–H groups in total. The molecule has 1 rings (SSSR count). The smallest absolute Gasteiger partial charge is 0.252 e. The summed E-state index contributed by atoms with van der Waals surface area (Å²) >= 11 is 8.49. The molecule has 0 heterocycles. The van der Waals surface area contributed by atoms with Crippen molar-refractivity contribution in [1.82, 2.24) is 5.32 Å². The van der Waals surface area contributed by atoms with E-state index < -0.39 is 5.54 Å². The number of carbonyl (C=O) groups is 1. The van der Waals surface area contributed by atoms with E-state index in [-0.39, 0.29) is 5.91 Å². The van der Waals surface area contributed by atoms with Crippen LogP contribution in [0.3, 0.4) is 0 Å². The number of nitrogens with two attached hydrogens (primary N) is 1. The summed E-state index contributed by atoms with van der Waals surface area (Å²) in [5.74, 6) is -0.137. The SMILES string of the molecule is CCC(CC)(NC(=O)c1ccc(Br)cc1C)C(N)=S. The Bertz CT molecular complexity index is 498. The van der Waals surface area contributed by atoms with E-state index in [0.717, 1.165) is 10.0 Å². The molecule has 0 saturated heterocycles. The Morgan fingerprint density at radius 2 is 2.00 bits per heavy atom. The molecule has 19 heavy (non-hydrogen) atoms. The summed E-state index contributed by atoms with van der Waals surface area (Å²) in [5, 5.41) is 2.99. The van der Waals surface area contributed by atoms with E-state index in [1.165, 1.54) is 0 Å². The van der Waals surface area contributed by atoms with Crippen molar-refractivity contribution in [3.63, 3.8) is 0 Å². The summed E-state index contributed by atoms with van der Waals surface area (Å²) < 4.78 is 0.952. The van der Waals surface area contributed by atoms with Gasteiger partial charge in [0.05, 0.1) is 10.5 Å². The number of thiocarbonyl (C=S) groups is 1. The quantitative estimate of drug-likeness (QED) is 0.807. The lowest BCUT2D eigenvalue weighted by molar-refractivity contribution is 0.0919. The number of benzene rings is 1. The summed E-state index contributed by atoms with van der Waals surface area (Å²) in [6, 6.07) is 5.56. The van der Waals surface area contributed by atoms with Crippen molar-refractivity contribution in [2.45, 2.75) is 39.2 Å². The molecule has 1 aromatic carbocycles. The average molecular weight is 343 g/mol. The van der Waals surface area contributed by atoms with Crippen molar-refractivity contribution < 1.29 is 4.79 Å². The van der Waals surface area contributed by atoms with Crippen LogP contribution < -0.4 is 11.1 Å². The standard InChI is InChI=1S/C14H19BrN2OS/c1-4-14(5-2,13(16)19)17-12(18)11-7-6-10(15)8-9(11)3/h6-8H,4-5H2,1-3H3,(H2,16,19)(H,17,18). The van der Waals surface area contributed by atoms with Gasteiger partial charge in [-0.05, 0) is 43.5 Å². The molecule has 1 aromatic rings. The second kappa shape index (κ2) is 6.48. The zero-order valence-electron chi connectivity index (χ0n) is 11.4. The van der Waals surface area contributed by atoms with Gasteiger partial charge in [-0.1, -0.05) is 42.0 Å². The van der Waals surface area contributed by atoms with Gasteiger partial charge in [-0.2, -0.15) is 0 Å². The van der Waals surface area contributed by atoms with Crippen LogP contribution >= 0.6 is 28.1 Å². The van der Waals surface area contributed by atoms with Crippen LogP contribution in [0, 0.1) is 6.92 Å². The lowest BCUT2D eigenvalue weighted by atomic mass is 9.92. The van der Waals surface area contributed by atoms with Gasteiger partial charge in [-0.3, -0.25) is 4.79 Å². The minimum atomic E-state index is -0.605. The van der Waals surface area contributed by atoms with Crippen LogP contribution in [0.4, 0.5) is 0 Å². The third-order valence-electron chi connectivity index (χ3n) is 3.46. The summed E-state index contributed by atoms with van der Waals surface area (Å²) in [4.78, 5) is 12.7. The fourth-order valence-corrected chi connectivity index (χ4v) is 2.82. The number of nitrogens with one attached hydrogen (secondary N) is 1. The van der Waals surface area contributed by atoms with Gasteiger partial charge in [0.15, 0.2) is 0 Å². The van der Waals surface area contributed by atoms with Crippen molar-refractivity contribution >= 4 is 39.0 Å². The minimum Gasteiger partial charge on any atom is -0.391 e. The molecular weight excluding hydrogens is 324 g/mol. The zero-order chi connectivity index (χ0) is 14.6. The van der Waals surface area contributed by atoms with Crippen molar-refractivity contribution in [3.8, 4) is 0 Å². The summed E-state index contributed by atoms with van der Waals surface area (Å²) in [6.07, 6.45) is 1.36. The normalized spacial score (nSPS) is 11.2. The van der Waals surface area contributed by atoms with Gasteiger partial charge in [0, 0.05) is 10.0 Å². The maximum absolute atomic E-state index is 12.4. The Kier molecular flexibility index (Phi) is 5.50. The van der Waals surface area contributed by atoms with Gasteiger partial charge in [0.25, 0.3) is 5.91 Å². The molecule has 0 aliphatic heterocycles. The Hall–Kier alpha value is -0.940. The summed E-state index contributed by atoms with van der Waals surface area (Å²) in [5.41, 5.74) is 6.74. The zero-order valence-corrected chi connectivity index (χ0v) is 13.8. The van der Waals surface area contributed by atoms with Crippen LogP contribution in [0.25, 0.3) is 0 Å². The first-order valence-electron chi connectivity index (χ1n) is 6.25. The largest absolute Gasteiger partial charge is 0.391 e. The first-order chi connectivity index (χ1) is 8.86. The van der Waals surface area contributed by atoms with Crippen molar-refractivity contribution in [3.05, 3.63) is 33.8 Å². The van der Waals surface area contributed by atoms with E-state index >= 15 is 0 Å². The number of halogens is 1. The molecule has 0 unspecified atom stereocenters. The maximum Gasteiger partial charge on any atom is 0.252 e. The van der Waals surface area contributed by atoms with Gasteiger partial charge in [-0.15, -0.1) is 0 Å². The Balaban J connectivity index is 3.04. The van der Waals surface area contributed by atoms with Gasteiger partial charge in [-0.25, -0.2) is 0 Å². The van der Waals surface area contributed by atoms with Gasteiger partial charge in [0.1, 0.15) is 0 Å². The maximum atomic E-state index is 12.4. The molecule has 0 aliphatic carbocycles. The molecule has 0 saturated carbocycles. The van der Waals surface area contributed by atoms with Gasteiger partial charge >= 0.3 is 0 Å². The van der Waals surface area contributed by atoms with E-state index in [0.29, 0.717) is 23.4 Å². The summed E-state index contributed by atoms with van der Waals surface area (Å²) in [6.45, 7) is 5.84. The van der Waals surface area contributed by atoms with E-state index in [2.05, 4.69) is 21.2 Å². The van der Waals surface area contributed by atoms with Crippen molar-refractivity contribution in [2.24, 2.45) is 5.73 Å². The van der Waals surface area contributed by atoms with E-state index in [1.54, 1.807) is 6.07 Å². The number of hydrogen-bond acceptors (Lipinski definition) is 2. The summed E-state index contributed by atoms with van der Waals surface area (Å²) in [7, 11) is 0. The molecule has 1 amide bonds. The molecule has 0 aromatic heterocycles. The van der Waals surface area contributed by atoms with Gasteiger partial charge < -0.3 is 11.1 Å². The fourth-order valence-electron chi connectivity index (χ4n) is 2.00. The number of hydrogen-bond donors (Lipinski definition) is 2. The molecular formula is C14H19BrN2OS. The molecule has 0 aliphatic rings. The lowest BCUT2D eigenvalue weighted by Crippen LogP contribution is -2.56. The predicted octanol–water partition coefficient (Wildman–Crippen LogP) is 3.33. The third-order valence-corrected chi connectivity index (χ3v) is 4.35. The molecule has 0 spiro atoms. The van der Waals surface area contributed by atoms with Crippen LogP contribution in [0.1, 0.15) is 42.6 Å². The Morgan fingerprint density at radius 1 is 1.42 bits per heavy atom. The van der Waals surface area contributed by atoms with Crippen LogP contribution in [-0.2, 0) is 0 Å².